The van der Waals surface area contributed by atoms with Crippen LogP contribution in [0.1, 0.15) is 59.4 Å². The fourth-order valence-electron chi connectivity index (χ4n) is 3.74. The highest BCUT2D eigenvalue weighted by molar-refractivity contribution is 5.91. The summed E-state index contributed by atoms with van der Waals surface area (Å²) in [4.78, 5) is 29.4. The molecule has 1 N–H and O–H groups in total. The van der Waals surface area contributed by atoms with Crippen molar-refractivity contribution in [3.05, 3.63) is 23.8 Å². The molecule has 1 aliphatic rings. The van der Waals surface area contributed by atoms with Crippen LogP contribution >= 0.6 is 0 Å². The quantitative estimate of drug-likeness (QED) is 0.685. The third-order valence-electron chi connectivity index (χ3n) is 5.18. The number of benzene rings is 1. The number of amides is 2. The lowest BCUT2D eigenvalue weighted by atomic mass is 9.94. The van der Waals surface area contributed by atoms with Gasteiger partial charge in [-0.25, -0.2) is 0 Å². The number of hydrogen-bond donors (Lipinski definition) is 1. The van der Waals surface area contributed by atoms with Gasteiger partial charge >= 0.3 is 0 Å². The Labute approximate surface area is 182 Å². The van der Waals surface area contributed by atoms with Crippen molar-refractivity contribution in [1.29, 1.82) is 0 Å². The van der Waals surface area contributed by atoms with Crippen molar-refractivity contribution >= 4 is 23.2 Å². The van der Waals surface area contributed by atoms with E-state index in [0.717, 1.165) is 36.4 Å². The second kappa shape index (κ2) is 10.3. The van der Waals surface area contributed by atoms with Crippen molar-refractivity contribution in [2.45, 2.75) is 66.5 Å². The first kappa shape index (κ1) is 24.2. The molecule has 0 aromatic heterocycles. The van der Waals surface area contributed by atoms with Gasteiger partial charge in [-0.2, -0.15) is 0 Å². The van der Waals surface area contributed by atoms with Crippen LogP contribution in [0.2, 0.25) is 0 Å². The number of ether oxygens (including phenoxy) is 1. The van der Waals surface area contributed by atoms with Crippen LogP contribution in [0.25, 0.3) is 0 Å². The van der Waals surface area contributed by atoms with Crippen molar-refractivity contribution in [1.82, 2.24) is 4.90 Å². The lowest BCUT2D eigenvalue weighted by molar-refractivity contribution is -0.141. The molecule has 6 nitrogen and oxygen atoms in total. The molecule has 0 bridgehead atoms. The standard InChI is InChI=1S/C24H39N3O3/c1-17(2)13-22(28)25-19-10-11-21(26(6)7)18(14-19)15-27(23(29)24(3,4)5)16-20-9-8-12-30-20/h10-11,14,17,20H,8-9,12-13,15-16H2,1-7H3,(H,25,28). The number of anilines is 2. The summed E-state index contributed by atoms with van der Waals surface area (Å²) in [5.41, 5.74) is 2.34. The zero-order chi connectivity index (χ0) is 22.5. The predicted octanol–water partition coefficient (Wildman–Crippen LogP) is 4.29. The van der Waals surface area contributed by atoms with Crippen molar-refractivity contribution in [3.8, 4) is 0 Å². The fraction of sp³-hybridized carbons (Fsp3) is 0.667. The number of nitrogens with one attached hydrogen (secondary N) is 1. The minimum atomic E-state index is -0.472. The van der Waals surface area contributed by atoms with Crippen LogP contribution in [0.15, 0.2) is 18.2 Å². The smallest absolute Gasteiger partial charge is 0.228 e. The second-order valence-electron chi connectivity index (χ2n) is 9.95. The molecule has 0 aliphatic carbocycles. The van der Waals surface area contributed by atoms with Gasteiger partial charge in [-0.1, -0.05) is 34.6 Å². The Morgan fingerprint density at radius 1 is 1.23 bits per heavy atom. The van der Waals surface area contributed by atoms with Crippen LogP contribution in [-0.2, 0) is 20.9 Å². The summed E-state index contributed by atoms with van der Waals surface area (Å²) < 4.78 is 5.81. The molecule has 0 spiro atoms. The van der Waals surface area contributed by atoms with E-state index in [1.54, 1.807) is 0 Å². The van der Waals surface area contributed by atoms with Crippen LogP contribution < -0.4 is 10.2 Å². The summed E-state index contributed by atoms with van der Waals surface area (Å²) in [5, 5.41) is 3.00. The summed E-state index contributed by atoms with van der Waals surface area (Å²) in [7, 11) is 3.98. The van der Waals surface area contributed by atoms with E-state index in [0.29, 0.717) is 25.4 Å². The van der Waals surface area contributed by atoms with Crippen LogP contribution in [0.4, 0.5) is 11.4 Å². The molecule has 1 heterocycles. The SMILES string of the molecule is CC(C)CC(=O)Nc1ccc(N(C)C)c(CN(CC2CCCO2)C(=O)C(C)(C)C)c1. The zero-order valence-electron chi connectivity index (χ0n) is 19.7. The normalized spacial score (nSPS) is 16.6. The number of rotatable bonds is 8. The Morgan fingerprint density at radius 2 is 1.93 bits per heavy atom. The average molecular weight is 418 g/mol. The summed E-state index contributed by atoms with van der Waals surface area (Å²) >= 11 is 0. The number of hydrogen-bond acceptors (Lipinski definition) is 4. The van der Waals surface area contributed by atoms with Gasteiger partial charge in [0.2, 0.25) is 11.8 Å². The van der Waals surface area contributed by atoms with Gasteiger partial charge in [0.15, 0.2) is 0 Å². The first-order valence-electron chi connectivity index (χ1n) is 11.0. The maximum atomic E-state index is 13.2. The van der Waals surface area contributed by atoms with E-state index in [-0.39, 0.29) is 17.9 Å². The summed E-state index contributed by atoms with van der Waals surface area (Å²) in [5.74, 6) is 0.421. The van der Waals surface area contributed by atoms with Crippen molar-refractivity contribution in [2.24, 2.45) is 11.3 Å². The third kappa shape index (κ3) is 7.01. The minimum Gasteiger partial charge on any atom is -0.377 e. The zero-order valence-corrected chi connectivity index (χ0v) is 19.7. The van der Waals surface area contributed by atoms with Gasteiger partial charge in [0.25, 0.3) is 0 Å². The van der Waals surface area contributed by atoms with Crippen molar-refractivity contribution < 1.29 is 14.3 Å². The molecular weight excluding hydrogens is 378 g/mol. The molecule has 0 radical (unpaired) electrons. The van der Waals surface area contributed by atoms with E-state index >= 15 is 0 Å². The van der Waals surface area contributed by atoms with Gasteiger partial charge < -0.3 is 19.9 Å². The molecule has 1 unspecified atom stereocenters. The highest BCUT2D eigenvalue weighted by Gasteiger charge is 2.31. The molecular formula is C24H39N3O3. The van der Waals surface area contributed by atoms with E-state index in [1.807, 2.05) is 76.7 Å². The van der Waals surface area contributed by atoms with Gasteiger partial charge in [-0.05, 0) is 42.5 Å². The maximum Gasteiger partial charge on any atom is 0.228 e. The van der Waals surface area contributed by atoms with E-state index in [2.05, 4.69) is 5.32 Å². The Hall–Kier alpha value is -2.08. The number of nitrogens with zero attached hydrogens (tertiary/aromatic N) is 2. The number of carbonyl (C=O) groups excluding carboxylic acids is 2. The molecule has 1 aromatic carbocycles. The molecule has 2 amide bonds. The first-order chi connectivity index (χ1) is 14.0. The van der Waals surface area contributed by atoms with Crippen LogP contribution in [0.3, 0.4) is 0 Å². The lowest BCUT2D eigenvalue weighted by Gasteiger charge is -2.32. The Bertz CT molecular complexity index is 732. The van der Waals surface area contributed by atoms with E-state index < -0.39 is 5.41 Å². The number of carbonyl (C=O) groups is 2. The van der Waals surface area contributed by atoms with Gasteiger partial charge in [-0.3, -0.25) is 9.59 Å². The molecule has 1 aromatic rings. The van der Waals surface area contributed by atoms with Crippen LogP contribution in [-0.4, -0.2) is 50.1 Å². The fourth-order valence-corrected chi connectivity index (χ4v) is 3.74. The highest BCUT2D eigenvalue weighted by Crippen LogP contribution is 2.28. The molecule has 30 heavy (non-hydrogen) atoms. The molecule has 1 saturated heterocycles. The summed E-state index contributed by atoms with van der Waals surface area (Å²) in [6, 6.07) is 5.92. The van der Waals surface area contributed by atoms with E-state index in [4.69, 9.17) is 4.74 Å². The van der Waals surface area contributed by atoms with E-state index in [1.165, 1.54) is 0 Å². The highest BCUT2D eigenvalue weighted by atomic mass is 16.5. The van der Waals surface area contributed by atoms with E-state index in [9.17, 15) is 9.59 Å². The molecule has 6 heteroatoms. The van der Waals surface area contributed by atoms with Gasteiger partial charge in [-0.15, -0.1) is 0 Å². The monoisotopic (exact) mass is 417 g/mol. The van der Waals surface area contributed by atoms with Crippen LogP contribution in [0.5, 0.6) is 0 Å². The second-order valence-corrected chi connectivity index (χ2v) is 9.95. The van der Waals surface area contributed by atoms with Gasteiger partial charge in [0.05, 0.1) is 6.10 Å². The summed E-state index contributed by atoms with van der Waals surface area (Å²) in [6.07, 6.45) is 2.61. The maximum absolute atomic E-state index is 13.2. The lowest BCUT2D eigenvalue weighted by Crippen LogP contribution is -2.43. The molecule has 2 rings (SSSR count). The molecule has 1 atom stereocenters. The summed E-state index contributed by atoms with van der Waals surface area (Å²) in [6.45, 7) is 11.8. The molecule has 0 saturated carbocycles. The van der Waals surface area contributed by atoms with Crippen LogP contribution in [0, 0.1) is 11.3 Å². The van der Waals surface area contributed by atoms with Gasteiger partial charge in [0.1, 0.15) is 0 Å². The topological polar surface area (TPSA) is 61.9 Å². The van der Waals surface area contributed by atoms with Crippen molar-refractivity contribution in [2.75, 3.05) is 37.5 Å². The largest absolute Gasteiger partial charge is 0.377 e. The Balaban J connectivity index is 2.29. The average Bonchev–Trinajstić information content (AvgIpc) is 3.12. The molecule has 1 fully saturated rings. The Morgan fingerprint density at radius 3 is 2.47 bits per heavy atom. The molecule has 168 valence electrons. The minimum absolute atomic E-state index is 0.00975. The predicted molar refractivity (Wildman–Crippen MR) is 123 cm³/mol. The molecule has 1 aliphatic heterocycles. The van der Waals surface area contributed by atoms with Crippen molar-refractivity contribution in [3.63, 3.8) is 0 Å². The first-order valence-corrected chi connectivity index (χ1v) is 11.0. The third-order valence-corrected chi connectivity index (χ3v) is 5.18. The Kier molecular flexibility index (Phi) is 8.30. The van der Waals surface area contributed by atoms with Gasteiger partial charge in [0, 0.05) is 57.0 Å².